The molecular formula is C19H14ClN5O5. The van der Waals surface area contributed by atoms with E-state index in [1.165, 1.54) is 6.21 Å². The molecule has 11 heteroatoms. The van der Waals surface area contributed by atoms with Gasteiger partial charge < -0.3 is 4.74 Å². The number of halogens is 1. The molecule has 3 rings (SSSR count). The van der Waals surface area contributed by atoms with Crippen molar-refractivity contribution in [2.24, 2.45) is 5.10 Å². The van der Waals surface area contributed by atoms with Crippen LogP contribution in [0.15, 0.2) is 66.0 Å². The molecule has 1 N–H and O–H groups in total. The first-order chi connectivity index (χ1) is 14.4. The van der Waals surface area contributed by atoms with Crippen LogP contribution < -0.4 is 10.2 Å². The van der Waals surface area contributed by atoms with Crippen LogP contribution in [0.1, 0.15) is 15.9 Å². The van der Waals surface area contributed by atoms with Gasteiger partial charge in [-0.25, -0.2) is 10.2 Å². The number of ether oxygens (including phenoxy) is 1. The van der Waals surface area contributed by atoms with Crippen LogP contribution in [-0.4, -0.2) is 32.8 Å². The third kappa shape index (κ3) is 5.72. The summed E-state index contributed by atoms with van der Waals surface area (Å²) in [6.07, 6.45) is 3.60. The Morgan fingerprint density at radius 3 is 2.53 bits per heavy atom. The zero-order valence-corrected chi connectivity index (χ0v) is 16.0. The van der Waals surface area contributed by atoms with Gasteiger partial charge in [-0.1, -0.05) is 11.6 Å². The number of hydrazone groups is 1. The average molecular weight is 428 g/mol. The van der Waals surface area contributed by atoms with Crippen molar-refractivity contribution in [3.05, 3.63) is 87.2 Å². The van der Waals surface area contributed by atoms with Gasteiger partial charge in [0.05, 0.1) is 16.7 Å². The van der Waals surface area contributed by atoms with Crippen LogP contribution in [0.25, 0.3) is 0 Å². The molecule has 0 aliphatic heterocycles. The highest BCUT2D eigenvalue weighted by Gasteiger charge is 2.11. The minimum Gasteiger partial charge on any atom is -0.423 e. The van der Waals surface area contributed by atoms with Crippen molar-refractivity contribution in [1.82, 2.24) is 15.2 Å². The van der Waals surface area contributed by atoms with Crippen molar-refractivity contribution in [2.45, 2.75) is 6.54 Å². The molecular weight excluding hydrogens is 414 g/mol. The van der Waals surface area contributed by atoms with Gasteiger partial charge in [-0.2, -0.15) is 10.2 Å². The highest BCUT2D eigenvalue weighted by atomic mass is 35.5. The highest BCUT2D eigenvalue weighted by Crippen LogP contribution is 2.15. The number of benzene rings is 2. The van der Waals surface area contributed by atoms with Gasteiger partial charge in [-0.05, 0) is 54.1 Å². The quantitative estimate of drug-likeness (QED) is 0.203. The van der Waals surface area contributed by atoms with Gasteiger partial charge in [0.2, 0.25) is 0 Å². The summed E-state index contributed by atoms with van der Waals surface area (Å²) in [5.41, 5.74) is 3.11. The largest absolute Gasteiger partial charge is 0.423 e. The summed E-state index contributed by atoms with van der Waals surface area (Å²) in [5, 5.41) is 18.6. The molecule has 3 aromatic rings. The van der Waals surface area contributed by atoms with E-state index in [0.717, 1.165) is 17.1 Å². The molecule has 1 aromatic heterocycles. The van der Waals surface area contributed by atoms with Gasteiger partial charge in [-0.3, -0.25) is 19.6 Å². The van der Waals surface area contributed by atoms with Gasteiger partial charge in [0.15, 0.2) is 0 Å². The number of carbonyl (C=O) groups excluding carboxylic acids is 2. The number of hydrogen-bond donors (Lipinski definition) is 1. The molecule has 0 bridgehead atoms. The molecule has 0 fully saturated rings. The topological polar surface area (TPSA) is 129 Å². The summed E-state index contributed by atoms with van der Waals surface area (Å²) in [7, 11) is 0. The minimum atomic E-state index is -0.601. The molecule has 1 heterocycles. The number of esters is 1. The molecule has 0 saturated heterocycles. The van der Waals surface area contributed by atoms with E-state index in [0.29, 0.717) is 21.9 Å². The number of rotatable bonds is 7. The highest BCUT2D eigenvalue weighted by molar-refractivity contribution is 6.30. The lowest BCUT2D eigenvalue weighted by Gasteiger charge is -2.04. The lowest BCUT2D eigenvalue weighted by atomic mass is 10.2. The first-order valence-electron chi connectivity index (χ1n) is 8.47. The molecule has 0 spiro atoms. The maximum Gasteiger partial charge on any atom is 0.343 e. The Kier molecular flexibility index (Phi) is 6.50. The maximum atomic E-state index is 12.1. The molecule has 0 atom stereocenters. The van der Waals surface area contributed by atoms with Gasteiger partial charge in [-0.15, -0.1) is 0 Å². The fraction of sp³-hybridized carbons (Fsp3) is 0.0526. The standard InChI is InChI=1S/C19H14ClN5O5/c20-15-5-3-14(4-6-15)19(27)30-17-7-1-13(2-8-17)9-21-23-18(26)12-24-11-16(10-22-24)25(28)29/h1-11H,12H2,(H,23,26). The normalized spacial score (nSPS) is 10.7. The number of nitrogens with one attached hydrogen (secondary N) is 1. The second kappa shape index (κ2) is 9.43. The Morgan fingerprint density at radius 1 is 1.20 bits per heavy atom. The molecule has 0 radical (unpaired) electrons. The van der Waals surface area contributed by atoms with E-state index in [2.05, 4.69) is 15.6 Å². The second-order valence-electron chi connectivity index (χ2n) is 5.91. The predicted octanol–water partition coefficient (Wildman–Crippen LogP) is 2.81. The monoisotopic (exact) mass is 427 g/mol. The Morgan fingerprint density at radius 2 is 1.90 bits per heavy atom. The SMILES string of the molecule is O=C(Cn1cc([N+](=O)[O-])cn1)NN=Cc1ccc(OC(=O)c2ccc(Cl)cc2)cc1. The van der Waals surface area contributed by atoms with Gasteiger partial charge in [0, 0.05) is 5.02 Å². The lowest BCUT2D eigenvalue weighted by Crippen LogP contribution is -2.23. The van der Waals surface area contributed by atoms with Crippen molar-refractivity contribution in [3.63, 3.8) is 0 Å². The summed E-state index contributed by atoms with van der Waals surface area (Å²) < 4.78 is 6.40. The average Bonchev–Trinajstić information content (AvgIpc) is 3.18. The van der Waals surface area contributed by atoms with Crippen LogP contribution in [0, 0.1) is 10.1 Å². The molecule has 0 aliphatic carbocycles. The van der Waals surface area contributed by atoms with Crippen LogP contribution in [0.4, 0.5) is 5.69 Å². The molecule has 2 aromatic carbocycles. The summed E-state index contributed by atoms with van der Waals surface area (Å²) in [6, 6.07) is 12.8. The Bertz CT molecular complexity index is 1090. The predicted molar refractivity (Wildman–Crippen MR) is 107 cm³/mol. The van der Waals surface area contributed by atoms with Crippen molar-refractivity contribution in [3.8, 4) is 5.75 Å². The fourth-order valence-electron chi connectivity index (χ4n) is 2.27. The number of carbonyl (C=O) groups is 2. The number of aromatic nitrogens is 2. The van der Waals surface area contributed by atoms with Crippen LogP contribution >= 0.6 is 11.6 Å². The number of nitrogens with zero attached hydrogens (tertiary/aromatic N) is 4. The van der Waals surface area contributed by atoms with Gasteiger partial charge >= 0.3 is 11.7 Å². The van der Waals surface area contributed by atoms with E-state index in [1.807, 2.05) is 0 Å². The summed E-state index contributed by atoms with van der Waals surface area (Å²) in [5.74, 6) is -0.673. The summed E-state index contributed by atoms with van der Waals surface area (Å²) >= 11 is 5.79. The number of hydrogen-bond acceptors (Lipinski definition) is 7. The fourth-order valence-corrected chi connectivity index (χ4v) is 2.39. The van der Waals surface area contributed by atoms with E-state index >= 15 is 0 Å². The molecule has 0 saturated carbocycles. The molecule has 10 nitrogen and oxygen atoms in total. The third-order valence-electron chi connectivity index (χ3n) is 3.71. The first kappa shape index (κ1) is 20.7. The van der Waals surface area contributed by atoms with Crippen molar-refractivity contribution in [2.75, 3.05) is 0 Å². The molecule has 0 unspecified atom stereocenters. The third-order valence-corrected chi connectivity index (χ3v) is 3.96. The van der Waals surface area contributed by atoms with E-state index in [1.54, 1.807) is 48.5 Å². The van der Waals surface area contributed by atoms with Crippen LogP contribution in [0.3, 0.4) is 0 Å². The van der Waals surface area contributed by atoms with Gasteiger partial charge in [0.25, 0.3) is 5.91 Å². The zero-order chi connectivity index (χ0) is 21.5. The Hall–Kier alpha value is -4.05. The summed E-state index contributed by atoms with van der Waals surface area (Å²) in [6.45, 7) is -0.217. The molecule has 0 aliphatic rings. The Balaban J connectivity index is 1.50. The Labute approximate surface area is 174 Å². The number of nitro groups is 1. The van der Waals surface area contributed by atoms with Crippen LogP contribution in [0.2, 0.25) is 5.02 Å². The van der Waals surface area contributed by atoms with Crippen molar-refractivity contribution >= 4 is 35.4 Å². The smallest absolute Gasteiger partial charge is 0.343 e. The van der Waals surface area contributed by atoms with Crippen molar-refractivity contribution in [1.29, 1.82) is 0 Å². The number of amides is 1. The second-order valence-corrected chi connectivity index (χ2v) is 6.35. The summed E-state index contributed by atoms with van der Waals surface area (Å²) in [4.78, 5) is 33.8. The van der Waals surface area contributed by atoms with E-state index in [-0.39, 0.29) is 12.2 Å². The van der Waals surface area contributed by atoms with Gasteiger partial charge in [0.1, 0.15) is 24.7 Å². The lowest BCUT2D eigenvalue weighted by molar-refractivity contribution is -0.385. The van der Waals surface area contributed by atoms with E-state index in [9.17, 15) is 19.7 Å². The van der Waals surface area contributed by atoms with E-state index in [4.69, 9.17) is 16.3 Å². The molecule has 152 valence electrons. The molecule has 30 heavy (non-hydrogen) atoms. The minimum absolute atomic E-state index is 0.205. The van der Waals surface area contributed by atoms with E-state index < -0.39 is 16.8 Å². The first-order valence-corrected chi connectivity index (χ1v) is 8.85. The molecule has 1 amide bonds. The zero-order valence-electron chi connectivity index (χ0n) is 15.3. The maximum absolute atomic E-state index is 12.1. The van der Waals surface area contributed by atoms with Crippen molar-refractivity contribution < 1.29 is 19.2 Å². The van der Waals surface area contributed by atoms with Crippen LogP contribution in [-0.2, 0) is 11.3 Å². The van der Waals surface area contributed by atoms with Crippen LogP contribution in [0.5, 0.6) is 5.75 Å².